The highest BCUT2D eigenvalue weighted by atomic mass is 32.1. The second-order valence-electron chi connectivity index (χ2n) is 5.29. The Labute approximate surface area is 128 Å². The smallest absolute Gasteiger partial charge is 0.223 e. The summed E-state index contributed by atoms with van der Waals surface area (Å²) in [5, 5.41) is 11.7. The van der Waals surface area contributed by atoms with Crippen molar-refractivity contribution in [3.8, 4) is 6.07 Å². The fraction of sp³-hybridized carbons (Fsp3) is 0.600. The fourth-order valence-corrected chi connectivity index (χ4v) is 3.50. The summed E-state index contributed by atoms with van der Waals surface area (Å²) in [6.45, 7) is 4.40. The number of likely N-dealkylation sites (tertiary alicyclic amines) is 1. The van der Waals surface area contributed by atoms with Crippen molar-refractivity contribution in [1.29, 1.82) is 5.26 Å². The minimum atomic E-state index is -0.858. The van der Waals surface area contributed by atoms with Crippen LogP contribution in [0.3, 0.4) is 0 Å². The van der Waals surface area contributed by atoms with Crippen LogP contribution in [-0.4, -0.2) is 34.2 Å². The number of thiazole rings is 1. The van der Waals surface area contributed by atoms with Crippen molar-refractivity contribution in [3.05, 3.63) is 16.1 Å². The molecule has 21 heavy (non-hydrogen) atoms. The Kier molecular flexibility index (Phi) is 5.07. The number of carbonyl (C=O) groups excluding carboxylic acids is 2. The molecule has 0 radical (unpaired) electrons. The second-order valence-corrected chi connectivity index (χ2v) is 6.18. The number of ketones is 1. The number of rotatable bonds is 5. The minimum absolute atomic E-state index is 0.0142. The summed E-state index contributed by atoms with van der Waals surface area (Å²) in [6.07, 6.45) is 2.69. The molecular formula is C15H19N3O2S. The molecule has 1 fully saturated rings. The van der Waals surface area contributed by atoms with E-state index in [-0.39, 0.29) is 11.7 Å². The van der Waals surface area contributed by atoms with Gasteiger partial charge in [0, 0.05) is 24.0 Å². The lowest BCUT2D eigenvalue weighted by molar-refractivity contribution is -0.137. The van der Waals surface area contributed by atoms with Gasteiger partial charge in [0.15, 0.2) is 11.7 Å². The van der Waals surface area contributed by atoms with Crippen LogP contribution in [0.25, 0.3) is 0 Å². The van der Waals surface area contributed by atoms with Crippen molar-refractivity contribution >= 4 is 23.0 Å². The molecule has 0 spiro atoms. The molecule has 2 heterocycles. The number of nitriles is 1. The molecule has 0 aromatic carbocycles. The van der Waals surface area contributed by atoms with Crippen molar-refractivity contribution < 1.29 is 9.59 Å². The summed E-state index contributed by atoms with van der Waals surface area (Å²) >= 11 is 1.33. The van der Waals surface area contributed by atoms with Gasteiger partial charge in [-0.25, -0.2) is 4.98 Å². The van der Waals surface area contributed by atoms with Gasteiger partial charge in [-0.15, -0.1) is 11.3 Å². The third-order valence-corrected chi connectivity index (χ3v) is 4.69. The average Bonchev–Trinajstić information content (AvgIpc) is 3.09. The van der Waals surface area contributed by atoms with Crippen molar-refractivity contribution in [1.82, 2.24) is 9.88 Å². The van der Waals surface area contributed by atoms with Crippen LogP contribution in [0.1, 0.15) is 49.2 Å². The number of nitrogens with zero attached hydrogens (tertiary/aromatic N) is 3. The Morgan fingerprint density at radius 1 is 1.62 bits per heavy atom. The van der Waals surface area contributed by atoms with Gasteiger partial charge < -0.3 is 4.90 Å². The van der Waals surface area contributed by atoms with Crippen molar-refractivity contribution in [2.24, 2.45) is 0 Å². The first kappa shape index (κ1) is 15.6. The molecule has 0 bridgehead atoms. The number of hydrogen-bond acceptors (Lipinski definition) is 5. The molecule has 6 heteroatoms. The number of amides is 1. The van der Waals surface area contributed by atoms with Crippen LogP contribution in [0.15, 0.2) is 5.38 Å². The molecule has 0 N–H and O–H groups in total. The largest absolute Gasteiger partial charge is 0.333 e. The third kappa shape index (κ3) is 3.30. The lowest BCUT2D eigenvalue weighted by Gasteiger charge is -2.24. The summed E-state index contributed by atoms with van der Waals surface area (Å²) in [5.41, 5.74) is 0.813. The van der Waals surface area contributed by atoms with Gasteiger partial charge in [-0.1, -0.05) is 6.92 Å². The number of aryl methyl sites for hydroxylation is 1. The Morgan fingerprint density at radius 2 is 2.38 bits per heavy atom. The van der Waals surface area contributed by atoms with Crippen molar-refractivity contribution in [2.45, 2.75) is 51.5 Å². The van der Waals surface area contributed by atoms with E-state index >= 15 is 0 Å². The van der Waals surface area contributed by atoms with Crippen molar-refractivity contribution in [3.63, 3.8) is 0 Å². The van der Waals surface area contributed by atoms with Gasteiger partial charge in [0.25, 0.3) is 0 Å². The number of carbonyl (C=O) groups is 2. The summed E-state index contributed by atoms with van der Waals surface area (Å²) in [7, 11) is 0. The van der Waals surface area contributed by atoms with Gasteiger partial charge in [-0.3, -0.25) is 9.59 Å². The van der Waals surface area contributed by atoms with Crippen molar-refractivity contribution in [2.75, 3.05) is 6.54 Å². The van der Waals surface area contributed by atoms with E-state index in [1.807, 2.05) is 19.2 Å². The molecule has 1 aromatic heterocycles. The normalized spacial score (nSPS) is 19.3. The third-order valence-electron chi connectivity index (χ3n) is 3.66. The van der Waals surface area contributed by atoms with Crippen LogP contribution in [-0.2, 0) is 9.59 Å². The van der Waals surface area contributed by atoms with E-state index in [0.717, 1.165) is 18.5 Å². The predicted octanol–water partition coefficient (Wildman–Crippen LogP) is 2.42. The Morgan fingerprint density at radius 3 is 2.95 bits per heavy atom. The molecule has 1 aromatic rings. The molecule has 2 rings (SSSR count). The molecule has 1 aliphatic rings. The van der Waals surface area contributed by atoms with Gasteiger partial charge in [-0.05, 0) is 26.2 Å². The van der Waals surface area contributed by atoms with Gasteiger partial charge in [0.2, 0.25) is 5.91 Å². The van der Waals surface area contributed by atoms with Crippen LogP contribution >= 0.6 is 11.3 Å². The van der Waals surface area contributed by atoms with Gasteiger partial charge in [-0.2, -0.15) is 5.26 Å². The maximum absolute atomic E-state index is 12.7. The zero-order chi connectivity index (χ0) is 15.4. The Bertz CT molecular complexity index is 576. The first-order valence-corrected chi connectivity index (χ1v) is 8.11. The monoisotopic (exact) mass is 305 g/mol. The molecular weight excluding hydrogens is 286 g/mol. The van der Waals surface area contributed by atoms with E-state index in [1.165, 1.54) is 11.3 Å². The standard InChI is InChI=1S/C15H19N3O2S/c1-3-5-13(19)18-7-4-6-12(18)14(20)11(8-16)15-17-10(2)9-21-15/h9,11-12H,3-7H2,1-2H3/t11-,12-/m1/s1. The van der Waals surface area contributed by atoms with E-state index in [4.69, 9.17) is 0 Å². The number of hydrogen-bond donors (Lipinski definition) is 0. The zero-order valence-corrected chi connectivity index (χ0v) is 13.2. The quantitative estimate of drug-likeness (QED) is 0.837. The molecule has 1 amide bonds. The van der Waals surface area contributed by atoms with Gasteiger partial charge in [0.05, 0.1) is 12.1 Å². The summed E-state index contributed by atoms with van der Waals surface area (Å²) < 4.78 is 0. The first-order valence-electron chi connectivity index (χ1n) is 7.23. The summed E-state index contributed by atoms with van der Waals surface area (Å²) in [6, 6.07) is 1.60. The summed E-state index contributed by atoms with van der Waals surface area (Å²) in [5.74, 6) is -1.03. The fourth-order valence-electron chi connectivity index (χ4n) is 2.66. The van der Waals surface area contributed by atoms with E-state index in [0.29, 0.717) is 24.4 Å². The summed E-state index contributed by atoms with van der Waals surface area (Å²) in [4.78, 5) is 30.6. The molecule has 0 saturated carbocycles. The van der Waals surface area contributed by atoms with Crippen LogP contribution < -0.4 is 0 Å². The van der Waals surface area contributed by atoms with E-state index in [1.54, 1.807) is 4.90 Å². The highest BCUT2D eigenvalue weighted by molar-refractivity contribution is 7.09. The van der Waals surface area contributed by atoms with Crippen LogP contribution in [0, 0.1) is 18.3 Å². The average molecular weight is 305 g/mol. The molecule has 1 aliphatic heterocycles. The number of aromatic nitrogens is 1. The highest BCUT2D eigenvalue weighted by Crippen LogP contribution is 2.28. The number of Topliss-reactive ketones (excluding diaryl/α,β-unsaturated/α-hetero) is 1. The lowest BCUT2D eigenvalue weighted by atomic mass is 9.98. The maximum atomic E-state index is 12.7. The van der Waals surface area contributed by atoms with Gasteiger partial charge in [0.1, 0.15) is 5.01 Å². The lowest BCUT2D eigenvalue weighted by Crippen LogP contribution is -2.42. The molecule has 112 valence electrons. The molecule has 1 saturated heterocycles. The predicted molar refractivity (Wildman–Crippen MR) is 79.9 cm³/mol. The Balaban J connectivity index is 2.17. The zero-order valence-electron chi connectivity index (χ0n) is 12.3. The maximum Gasteiger partial charge on any atom is 0.223 e. The highest BCUT2D eigenvalue weighted by Gasteiger charge is 2.38. The molecule has 0 unspecified atom stereocenters. The first-order chi connectivity index (χ1) is 10.1. The topological polar surface area (TPSA) is 74.1 Å². The van der Waals surface area contributed by atoms with Crippen LogP contribution in [0.4, 0.5) is 0 Å². The van der Waals surface area contributed by atoms with Gasteiger partial charge >= 0.3 is 0 Å². The van der Waals surface area contributed by atoms with E-state index < -0.39 is 12.0 Å². The van der Waals surface area contributed by atoms with E-state index in [2.05, 4.69) is 11.1 Å². The molecule has 2 atom stereocenters. The SMILES string of the molecule is CCCC(=O)N1CCC[C@@H]1C(=O)[C@@H](C#N)c1nc(C)cs1. The minimum Gasteiger partial charge on any atom is -0.333 e. The molecule has 0 aliphatic carbocycles. The van der Waals surface area contributed by atoms with Crippen LogP contribution in [0.2, 0.25) is 0 Å². The molecule has 5 nitrogen and oxygen atoms in total. The Hall–Kier alpha value is -1.74. The van der Waals surface area contributed by atoms with E-state index in [9.17, 15) is 14.9 Å². The second kappa shape index (κ2) is 6.81. The van der Waals surface area contributed by atoms with Crippen LogP contribution in [0.5, 0.6) is 0 Å².